The van der Waals surface area contributed by atoms with Crippen LogP contribution < -0.4 is 0 Å². The van der Waals surface area contributed by atoms with Crippen molar-refractivity contribution in [2.24, 2.45) is 0 Å². The third-order valence-corrected chi connectivity index (χ3v) is 5.24. The molecule has 2 N–H and O–H groups in total. The number of aliphatic hydroxyl groups is 2. The van der Waals surface area contributed by atoms with Crippen LogP contribution in [-0.2, 0) is 4.74 Å². The zero-order valence-electron chi connectivity index (χ0n) is 14.6. The Morgan fingerprint density at radius 1 is 1.29 bits per heavy atom. The summed E-state index contributed by atoms with van der Waals surface area (Å²) in [7, 11) is 0. The van der Waals surface area contributed by atoms with E-state index in [2.05, 4.69) is 4.98 Å². The van der Waals surface area contributed by atoms with Crippen molar-refractivity contribution in [2.45, 2.75) is 57.3 Å². The summed E-state index contributed by atoms with van der Waals surface area (Å²) in [5.74, 6) is 0.0149. The van der Waals surface area contributed by atoms with Gasteiger partial charge >= 0.3 is 0 Å². The summed E-state index contributed by atoms with van der Waals surface area (Å²) in [6, 6.07) is 3.63. The monoisotopic (exact) mass is 334 g/mol. The van der Waals surface area contributed by atoms with Gasteiger partial charge in [0.25, 0.3) is 5.91 Å². The number of nitrogens with zero attached hydrogens (tertiary/aromatic N) is 2. The van der Waals surface area contributed by atoms with Crippen molar-refractivity contribution in [1.29, 1.82) is 0 Å². The molecule has 1 spiro atoms. The Morgan fingerprint density at radius 2 is 1.88 bits per heavy atom. The maximum atomic E-state index is 12.7. The van der Waals surface area contributed by atoms with Crippen LogP contribution in [0.3, 0.4) is 0 Å². The van der Waals surface area contributed by atoms with E-state index >= 15 is 0 Å². The standard InChI is InChI=1S/C18H26N2O4/c1-12-8-14(9-13(2)19-12)16(22)20-6-4-18(5-7-20)11-17(3,23)15(21)10-24-18/h8-9,15,21,23H,4-7,10-11H2,1-3H3/t15-,17-/m0/s1. The van der Waals surface area contributed by atoms with Gasteiger partial charge in [0.05, 0.1) is 17.8 Å². The van der Waals surface area contributed by atoms with E-state index in [1.807, 2.05) is 30.9 Å². The van der Waals surface area contributed by atoms with Crippen LogP contribution in [0.5, 0.6) is 0 Å². The number of likely N-dealkylation sites (tertiary alicyclic amines) is 1. The van der Waals surface area contributed by atoms with Gasteiger partial charge in [0.2, 0.25) is 0 Å². The average Bonchev–Trinajstić information content (AvgIpc) is 2.50. The molecule has 2 fully saturated rings. The first-order valence-electron chi connectivity index (χ1n) is 8.50. The van der Waals surface area contributed by atoms with E-state index in [1.54, 1.807) is 6.92 Å². The third kappa shape index (κ3) is 3.31. The van der Waals surface area contributed by atoms with Crippen molar-refractivity contribution in [3.63, 3.8) is 0 Å². The number of aryl methyl sites for hydroxylation is 2. The fourth-order valence-electron chi connectivity index (χ4n) is 3.84. The zero-order valence-corrected chi connectivity index (χ0v) is 14.6. The number of aromatic nitrogens is 1. The number of rotatable bonds is 1. The predicted octanol–water partition coefficient (Wildman–Crippen LogP) is 1.21. The minimum absolute atomic E-state index is 0.0149. The second kappa shape index (κ2) is 6.10. The van der Waals surface area contributed by atoms with Crippen molar-refractivity contribution in [3.05, 3.63) is 29.1 Å². The van der Waals surface area contributed by atoms with Gasteiger partial charge in [-0.2, -0.15) is 0 Å². The first-order valence-corrected chi connectivity index (χ1v) is 8.50. The summed E-state index contributed by atoms with van der Waals surface area (Å²) in [4.78, 5) is 18.9. The second-order valence-electron chi connectivity index (χ2n) is 7.47. The van der Waals surface area contributed by atoms with Gasteiger partial charge in [-0.1, -0.05) is 0 Å². The number of carbonyl (C=O) groups excluding carboxylic acids is 1. The molecule has 6 heteroatoms. The lowest BCUT2D eigenvalue weighted by Gasteiger charge is -2.49. The zero-order chi connectivity index (χ0) is 17.5. The summed E-state index contributed by atoms with van der Waals surface area (Å²) in [6.45, 7) is 6.75. The topological polar surface area (TPSA) is 82.9 Å². The van der Waals surface area contributed by atoms with Gasteiger partial charge in [0.1, 0.15) is 6.10 Å². The molecule has 0 bridgehead atoms. The van der Waals surface area contributed by atoms with Gasteiger partial charge < -0.3 is 19.8 Å². The van der Waals surface area contributed by atoms with Gasteiger partial charge in [-0.25, -0.2) is 0 Å². The lowest BCUT2D eigenvalue weighted by atomic mass is 9.76. The van der Waals surface area contributed by atoms with Crippen LogP contribution >= 0.6 is 0 Å². The molecule has 0 unspecified atom stereocenters. The number of amides is 1. The fourth-order valence-corrected chi connectivity index (χ4v) is 3.84. The van der Waals surface area contributed by atoms with Crippen molar-refractivity contribution in [1.82, 2.24) is 9.88 Å². The SMILES string of the molecule is Cc1cc(C(=O)N2CCC3(CC2)C[C@](C)(O)[C@@H](O)CO3)cc(C)n1. The van der Waals surface area contributed by atoms with E-state index in [4.69, 9.17) is 4.74 Å². The molecule has 0 radical (unpaired) electrons. The maximum Gasteiger partial charge on any atom is 0.253 e. The summed E-state index contributed by atoms with van der Waals surface area (Å²) in [6.07, 6.45) is 0.886. The molecule has 1 amide bonds. The second-order valence-corrected chi connectivity index (χ2v) is 7.47. The fraction of sp³-hybridized carbons (Fsp3) is 0.667. The molecule has 0 saturated carbocycles. The van der Waals surface area contributed by atoms with E-state index in [0.29, 0.717) is 37.9 Å². The molecule has 0 aromatic carbocycles. The van der Waals surface area contributed by atoms with Crippen LogP contribution in [0.15, 0.2) is 12.1 Å². The number of carbonyl (C=O) groups is 1. The van der Waals surface area contributed by atoms with Crippen LogP contribution in [0.4, 0.5) is 0 Å². The minimum Gasteiger partial charge on any atom is -0.388 e. The molecule has 24 heavy (non-hydrogen) atoms. The Labute approximate surface area is 142 Å². The van der Waals surface area contributed by atoms with Gasteiger partial charge in [0, 0.05) is 36.5 Å². The molecule has 1 aromatic rings. The van der Waals surface area contributed by atoms with Gasteiger partial charge in [-0.05, 0) is 45.7 Å². The number of pyridine rings is 1. The lowest BCUT2D eigenvalue weighted by Crippen LogP contribution is -2.59. The quantitative estimate of drug-likeness (QED) is 0.806. The molecule has 2 aliphatic heterocycles. The minimum atomic E-state index is -1.14. The molecule has 3 rings (SSSR count). The number of ether oxygens (including phenoxy) is 1. The van der Waals surface area contributed by atoms with Crippen LogP contribution in [0.1, 0.15) is 47.9 Å². The van der Waals surface area contributed by atoms with E-state index in [0.717, 1.165) is 11.4 Å². The summed E-state index contributed by atoms with van der Waals surface area (Å²) >= 11 is 0. The largest absolute Gasteiger partial charge is 0.388 e. The Bertz CT molecular complexity index is 616. The van der Waals surface area contributed by atoms with Crippen molar-refractivity contribution in [3.8, 4) is 0 Å². The molecule has 2 saturated heterocycles. The van der Waals surface area contributed by atoms with Crippen molar-refractivity contribution >= 4 is 5.91 Å². The molecule has 132 valence electrons. The molecular weight excluding hydrogens is 308 g/mol. The van der Waals surface area contributed by atoms with Crippen LogP contribution in [0, 0.1) is 13.8 Å². The number of piperidine rings is 1. The van der Waals surface area contributed by atoms with Gasteiger partial charge in [0.15, 0.2) is 0 Å². The molecule has 2 atom stereocenters. The summed E-state index contributed by atoms with van der Waals surface area (Å²) in [5.41, 5.74) is 0.774. The van der Waals surface area contributed by atoms with Crippen molar-refractivity contribution < 1.29 is 19.7 Å². The van der Waals surface area contributed by atoms with Crippen LogP contribution in [0.25, 0.3) is 0 Å². The van der Waals surface area contributed by atoms with Gasteiger partial charge in [-0.15, -0.1) is 0 Å². The predicted molar refractivity (Wildman–Crippen MR) is 88.8 cm³/mol. The first kappa shape index (κ1) is 17.3. The highest BCUT2D eigenvalue weighted by atomic mass is 16.5. The Hall–Kier alpha value is -1.50. The van der Waals surface area contributed by atoms with Crippen LogP contribution in [0.2, 0.25) is 0 Å². The van der Waals surface area contributed by atoms with Crippen molar-refractivity contribution in [2.75, 3.05) is 19.7 Å². The summed E-state index contributed by atoms with van der Waals surface area (Å²) in [5, 5.41) is 20.2. The van der Waals surface area contributed by atoms with Crippen LogP contribution in [-0.4, -0.2) is 63.0 Å². The molecule has 1 aromatic heterocycles. The highest BCUT2D eigenvalue weighted by molar-refractivity contribution is 5.94. The normalized spacial score (nSPS) is 29.7. The molecule has 0 aliphatic carbocycles. The maximum absolute atomic E-state index is 12.7. The van der Waals surface area contributed by atoms with E-state index in [9.17, 15) is 15.0 Å². The highest BCUT2D eigenvalue weighted by Gasteiger charge is 2.49. The Morgan fingerprint density at radius 3 is 2.42 bits per heavy atom. The van der Waals surface area contributed by atoms with E-state index < -0.39 is 17.3 Å². The van der Waals surface area contributed by atoms with Gasteiger partial charge in [-0.3, -0.25) is 9.78 Å². The molecule has 3 heterocycles. The smallest absolute Gasteiger partial charge is 0.253 e. The first-order chi connectivity index (χ1) is 11.2. The third-order valence-electron chi connectivity index (χ3n) is 5.24. The number of aliphatic hydroxyl groups excluding tert-OH is 1. The molecule has 6 nitrogen and oxygen atoms in total. The Balaban J connectivity index is 1.68. The number of hydrogen-bond acceptors (Lipinski definition) is 5. The van der Waals surface area contributed by atoms with E-state index in [-0.39, 0.29) is 12.5 Å². The molecule has 2 aliphatic rings. The average molecular weight is 334 g/mol. The lowest BCUT2D eigenvalue weighted by molar-refractivity contribution is -0.221. The van der Waals surface area contributed by atoms with E-state index in [1.165, 1.54) is 0 Å². The number of hydrogen-bond donors (Lipinski definition) is 2. The summed E-state index contributed by atoms with van der Waals surface area (Å²) < 4.78 is 5.87. The highest BCUT2D eigenvalue weighted by Crippen LogP contribution is 2.39. The molecular formula is C18H26N2O4. The Kier molecular flexibility index (Phi) is 4.40.